The Bertz CT molecular complexity index is 1680. The summed E-state index contributed by atoms with van der Waals surface area (Å²) in [6.45, 7) is 0.845. The highest BCUT2D eigenvalue weighted by atomic mass is 35.5. The van der Waals surface area contributed by atoms with Crippen LogP contribution in [-0.2, 0) is 12.0 Å². The lowest BCUT2D eigenvalue weighted by molar-refractivity contribution is 0.317. The van der Waals surface area contributed by atoms with Crippen molar-refractivity contribution in [1.82, 2.24) is 34.6 Å². The number of halogens is 1. The third kappa shape index (κ3) is 4.01. The van der Waals surface area contributed by atoms with E-state index in [4.69, 9.17) is 36.1 Å². The number of rotatable bonds is 6. The van der Waals surface area contributed by atoms with E-state index in [1.54, 1.807) is 0 Å². The number of aromatic amines is 1. The first-order valence-electron chi connectivity index (χ1n) is 13.1. The van der Waals surface area contributed by atoms with E-state index in [2.05, 4.69) is 20.8 Å². The molecule has 2 fully saturated rings. The van der Waals surface area contributed by atoms with Crippen LogP contribution in [0.3, 0.4) is 0 Å². The number of aromatic nitrogens is 7. The van der Waals surface area contributed by atoms with Crippen LogP contribution in [0.25, 0.3) is 34.1 Å². The Morgan fingerprint density at radius 2 is 1.89 bits per heavy atom. The molecule has 2 aliphatic carbocycles. The van der Waals surface area contributed by atoms with Crippen molar-refractivity contribution >= 4 is 22.8 Å². The molecule has 0 radical (unpaired) electrons. The van der Waals surface area contributed by atoms with Crippen molar-refractivity contribution in [3.63, 3.8) is 0 Å². The van der Waals surface area contributed by atoms with Gasteiger partial charge in [-0.25, -0.2) is 19.7 Å². The quantitative estimate of drug-likeness (QED) is 0.308. The molecule has 2 aliphatic rings. The number of H-pyrrole nitrogens is 1. The molecule has 0 unspecified atom stereocenters. The minimum atomic E-state index is -0.733. The van der Waals surface area contributed by atoms with Gasteiger partial charge < -0.3 is 9.09 Å². The smallest absolute Gasteiger partial charge is 0.324 e. The van der Waals surface area contributed by atoms with Crippen LogP contribution in [-0.4, -0.2) is 34.6 Å². The molecule has 2 saturated carbocycles. The number of nitrogens with one attached hydrogen (secondary N) is 1. The van der Waals surface area contributed by atoms with Gasteiger partial charge >= 0.3 is 5.76 Å². The summed E-state index contributed by atoms with van der Waals surface area (Å²) in [5.74, 6) is 1.20. The van der Waals surface area contributed by atoms with Gasteiger partial charge in [0.2, 0.25) is 11.6 Å². The first-order chi connectivity index (χ1) is 18.6. The van der Waals surface area contributed by atoms with Gasteiger partial charge in [-0.3, -0.25) is 4.98 Å². The molecule has 4 heterocycles. The molecular weight excluding hydrogens is 502 g/mol. The van der Waals surface area contributed by atoms with Crippen LogP contribution >= 0.6 is 11.6 Å². The molecule has 0 bridgehead atoms. The number of imidazole rings is 1. The summed E-state index contributed by atoms with van der Waals surface area (Å²) in [6.07, 6.45) is 9.98. The fourth-order valence-electron chi connectivity index (χ4n) is 5.84. The van der Waals surface area contributed by atoms with E-state index in [-0.39, 0.29) is 17.1 Å². The molecule has 0 aliphatic heterocycles. The molecule has 4 aromatic heterocycles. The van der Waals surface area contributed by atoms with Crippen LogP contribution in [0.5, 0.6) is 0 Å². The summed E-state index contributed by atoms with van der Waals surface area (Å²) in [5, 5.41) is 3.15. The molecule has 9 nitrogen and oxygen atoms in total. The monoisotopic (exact) mass is 527 g/mol. The molecule has 7 rings (SSSR count). The summed E-state index contributed by atoms with van der Waals surface area (Å²) < 4.78 is 7.17. The summed E-state index contributed by atoms with van der Waals surface area (Å²) in [4.78, 5) is 35.2. The van der Waals surface area contributed by atoms with Crippen molar-refractivity contribution in [1.29, 1.82) is 0 Å². The third-order valence-electron chi connectivity index (χ3n) is 7.85. The molecule has 0 atom stereocenters. The summed E-state index contributed by atoms with van der Waals surface area (Å²) >= 11 is 6.42. The summed E-state index contributed by atoms with van der Waals surface area (Å²) in [5.41, 5.74) is 3.73. The first-order valence-corrected chi connectivity index (χ1v) is 13.5. The number of benzene rings is 1. The molecule has 38 heavy (non-hydrogen) atoms. The Morgan fingerprint density at radius 3 is 2.61 bits per heavy atom. The van der Waals surface area contributed by atoms with Crippen LogP contribution in [0.4, 0.5) is 0 Å². The number of nitrogens with zero attached hydrogens (tertiary/aromatic N) is 6. The Labute approximate surface area is 223 Å². The second-order valence-electron chi connectivity index (χ2n) is 10.4. The highest BCUT2D eigenvalue weighted by molar-refractivity contribution is 6.30. The Kier molecular flexibility index (Phi) is 5.61. The molecule has 5 aromatic rings. The highest BCUT2D eigenvalue weighted by Crippen LogP contribution is 2.53. The number of hydrogen-bond acceptors (Lipinski definition) is 7. The lowest BCUT2D eigenvalue weighted by atomic mass is 9.89. The lowest BCUT2D eigenvalue weighted by Gasteiger charge is -2.25. The molecular formula is C28H26ClN7O2. The first kappa shape index (κ1) is 23.3. The maximum atomic E-state index is 11.7. The number of fused-ring (bicyclic) bond motifs is 1. The van der Waals surface area contributed by atoms with E-state index in [0.717, 1.165) is 42.0 Å². The number of hydrogen-bond donors (Lipinski definition) is 1. The van der Waals surface area contributed by atoms with Crippen LogP contribution < -0.4 is 5.76 Å². The van der Waals surface area contributed by atoms with Crippen LogP contribution in [0.1, 0.15) is 56.5 Å². The van der Waals surface area contributed by atoms with Crippen molar-refractivity contribution in [3.8, 4) is 22.9 Å². The average molecular weight is 528 g/mol. The van der Waals surface area contributed by atoms with Gasteiger partial charge in [-0.1, -0.05) is 49.1 Å². The second kappa shape index (κ2) is 9.16. The third-order valence-corrected chi connectivity index (χ3v) is 8.08. The molecule has 0 saturated heterocycles. The van der Waals surface area contributed by atoms with Gasteiger partial charge in [0.05, 0.1) is 11.1 Å². The molecule has 0 spiro atoms. The van der Waals surface area contributed by atoms with E-state index < -0.39 is 5.76 Å². The van der Waals surface area contributed by atoms with Crippen molar-refractivity contribution in [2.75, 3.05) is 0 Å². The molecule has 1 N–H and O–H groups in total. The molecule has 192 valence electrons. The fourth-order valence-corrected chi connectivity index (χ4v) is 6.03. The van der Waals surface area contributed by atoms with Crippen LogP contribution in [0.15, 0.2) is 58.0 Å². The normalized spacial score (nSPS) is 17.2. The van der Waals surface area contributed by atoms with Crippen LogP contribution in [0.2, 0.25) is 5.02 Å². The molecule has 1 aromatic carbocycles. The second-order valence-corrected chi connectivity index (χ2v) is 10.8. The van der Waals surface area contributed by atoms with E-state index in [1.807, 2.05) is 42.6 Å². The predicted octanol–water partition coefficient (Wildman–Crippen LogP) is 5.55. The predicted molar refractivity (Wildman–Crippen MR) is 143 cm³/mol. The van der Waals surface area contributed by atoms with Gasteiger partial charge in [-0.05, 0) is 55.9 Å². The number of pyridine rings is 1. The topological polar surface area (TPSA) is 115 Å². The van der Waals surface area contributed by atoms with Gasteiger partial charge in [0.25, 0.3) is 0 Å². The lowest BCUT2D eigenvalue weighted by Crippen LogP contribution is -2.22. The maximum Gasteiger partial charge on any atom is 0.460 e. The summed E-state index contributed by atoms with van der Waals surface area (Å²) in [6, 6.07) is 13.7. The van der Waals surface area contributed by atoms with Crippen molar-refractivity contribution < 1.29 is 4.52 Å². The zero-order valence-corrected chi connectivity index (χ0v) is 21.5. The average Bonchev–Trinajstić information content (AvgIpc) is 3.51. The zero-order valence-electron chi connectivity index (χ0n) is 20.7. The highest BCUT2D eigenvalue weighted by Gasteiger charge is 2.51. The Morgan fingerprint density at radius 1 is 1.03 bits per heavy atom. The van der Waals surface area contributed by atoms with Gasteiger partial charge in [0.1, 0.15) is 17.0 Å². The standard InChI is InChI=1S/C28H26ClN7O2/c29-19-10-6-9-18(15-19)21-22-23(32-24(31-21)25-34-27(37)38-35-25)33-26(36(22)16-17-7-2-1-3-8-17)28(12-13-28)20-11-4-5-14-30-20/h4-6,9-11,14-15,17H,1-3,7-8,12-13,16H2,(H,34,35,37). The minimum Gasteiger partial charge on any atom is -0.324 e. The van der Waals surface area contributed by atoms with E-state index in [9.17, 15) is 4.79 Å². The Balaban J connectivity index is 1.50. The van der Waals surface area contributed by atoms with E-state index in [0.29, 0.717) is 22.3 Å². The van der Waals surface area contributed by atoms with Gasteiger partial charge in [0, 0.05) is 23.3 Å². The van der Waals surface area contributed by atoms with Crippen LogP contribution in [0, 0.1) is 5.92 Å². The van der Waals surface area contributed by atoms with Gasteiger partial charge in [-0.2, -0.15) is 5.16 Å². The molecule has 10 heteroatoms. The fraction of sp³-hybridized carbons (Fsp3) is 0.357. The van der Waals surface area contributed by atoms with Gasteiger partial charge in [-0.15, -0.1) is 4.98 Å². The van der Waals surface area contributed by atoms with Crippen molar-refractivity contribution in [3.05, 3.63) is 75.8 Å². The summed E-state index contributed by atoms with van der Waals surface area (Å²) in [7, 11) is 0. The van der Waals surface area contributed by atoms with Gasteiger partial charge in [0.15, 0.2) is 5.65 Å². The molecule has 0 amide bonds. The SMILES string of the molecule is O=c1nc(-c2nc(-c3cccc(Cl)c3)c3c(n2)nc(C2(c4ccccn4)CC2)n3CC2CCCCC2)[nH]o1. The Hall–Kier alpha value is -3.85. The van der Waals surface area contributed by atoms with E-state index >= 15 is 0 Å². The largest absolute Gasteiger partial charge is 0.460 e. The zero-order chi connectivity index (χ0) is 25.7. The maximum absolute atomic E-state index is 11.7. The minimum absolute atomic E-state index is 0.161. The van der Waals surface area contributed by atoms with Crippen molar-refractivity contribution in [2.24, 2.45) is 5.92 Å². The van der Waals surface area contributed by atoms with Crippen molar-refractivity contribution in [2.45, 2.75) is 56.9 Å². The van der Waals surface area contributed by atoms with E-state index in [1.165, 1.54) is 32.1 Å².